The van der Waals surface area contributed by atoms with Crippen LogP contribution in [0.25, 0.3) is 6.08 Å². The number of phenols is 1. The number of hydrogen-bond acceptors (Lipinski definition) is 4. The van der Waals surface area contributed by atoms with E-state index in [2.05, 4.69) is 44.0 Å². The largest absolute Gasteiger partial charge is 0.507 e. The number of nitrogens with zero attached hydrogens (tertiary/aromatic N) is 2. The lowest BCUT2D eigenvalue weighted by atomic mass is 9.96. The van der Waals surface area contributed by atoms with Crippen molar-refractivity contribution in [2.24, 2.45) is 4.99 Å². The molecule has 1 aliphatic heterocycles. The van der Waals surface area contributed by atoms with E-state index in [4.69, 9.17) is 21.3 Å². The summed E-state index contributed by atoms with van der Waals surface area (Å²) in [6.07, 6.45) is 7.80. The third-order valence-electron chi connectivity index (χ3n) is 7.96. The van der Waals surface area contributed by atoms with Crippen molar-refractivity contribution in [3.8, 4) is 5.75 Å². The number of aliphatic imine (C=N–C) groups is 1. The molecule has 6 rings (SSSR count). The topological polar surface area (TPSA) is 62.1 Å². The number of anilines is 1. The second kappa shape index (κ2) is 14.2. The average Bonchev–Trinajstić information content (AvgIpc) is 3.36. The zero-order valence-electron chi connectivity index (χ0n) is 24.4. The number of carbonyl (C=O) groups excluding carboxylic acids is 1. The van der Waals surface area contributed by atoms with Crippen LogP contribution in [0.5, 0.6) is 5.75 Å². The highest BCUT2D eigenvalue weighted by Crippen LogP contribution is 2.39. The van der Waals surface area contributed by atoms with Gasteiger partial charge in [-0.05, 0) is 84.6 Å². The van der Waals surface area contributed by atoms with Gasteiger partial charge in [-0.2, -0.15) is 0 Å². The number of allylic oxidation sites excluding steroid dienone is 1. The van der Waals surface area contributed by atoms with Crippen molar-refractivity contribution in [1.29, 1.82) is 0 Å². The van der Waals surface area contributed by atoms with Crippen molar-refractivity contribution in [1.82, 2.24) is 0 Å². The first kappa shape index (κ1) is 31.3. The van der Waals surface area contributed by atoms with Crippen molar-refractivity contribution < 1.29 is 14.6 Å². The van der Waals surface area contributed by atoms with E-state index in [-0.39, 0.29) is 17.4 Å². The van der Waals surface area contributed by atoms with Gasteiger partial charge in [0, 0.05) is 31.6 Å². The number of phenolic OH excluding ortho intramolecular Hbond substituents is 1. The molecule has 228 valence electrons. The third kappa shape index (κ3) is 7.43. The summed E-state index contributed by atoms with van der Waals surface area (Å²) in [6, 6.07) is 30.2. The molecule has 0 atom stereocenters. The summed E-state index contributed by atoms with van der Waals surface area (Å²) in [5.74, 6) is 0.416. The molecule has 1 amide bonds. The highest BCUT2D eigenvalue weighted by atomic mass is 79.9. The van der Waals surface area contributed by atoms with Crippen LogP contribution in [-0.2, 0) is 11.2 Å². The molecule has 4 aromatic carbocycles. The lowest BCUT2D eigenvalue weighted by Crippen LogP contribution is -2.34. The van der Waals surface area contributed by atoms with E-state index in [1.807, 2.05) is 72.8 Å². The van der Waals surface area contributed by atoms with Crippen molar-refractivity contribution >= 4 is 67.0 Å². The number of amides is 1. The van der Waals surface area contributed by atoms with Gasteiger partial charge in [-0.15, -0.1) is 0 Å². The SMILES string of the molecule is O=C(c1cc(Cl)ccc1O)N(C1=C(Cc2ccccc2)/C(=C/c2ccc(Br)cc2)OC1=NC1CCCCC1)c1ccc(Br)cc1. The third-order valence-corrected chi connectivity index (χ3v) is 9.25. The average molecular weight is 747 g/mol. The highest BCUT2D eigenvalue weighted by Gasteiger charge is 2.38. The molecule has 0 saturated heterocycles. The van der Waals surface area contributed by atoms with Crippen LogP contribution in [0.2, 0.25) is 5.02 Å². The molecule has 8 heteroatoms. The van der Waals surface area contributed by atoms with Crippen LogP contribution in [0.15, 0.2) is 128 Å². The van der Waals surface area contributed by atoms with Gasteiger partial charge in [-0.1, -0.05) is 105 Å². The Kier molecular flexibility index (Phi) is 9.88. The molecule has 1 fully saturated rings. The first-order valence-corrected chi connectivity index (χ1v) is 16.9. The molecule has 0 unspecified atom stereocenters. The minimum atomic E-state index is -0.442. The van der Waals surface area contributed by atoms with E-state index in [9.17, 15) is 9.90 Å². The Morgan fingerprint density at radius 2 is 1.58 bits per heavy atom. The second-order valence-corrected chi connectivity index (χ2v) is 13.4. The zero-order valence-corrected chi connectivity index (χ0v) is 28.4. The molecule has 1 heterocycles. The fourth-order valence-corrected chi connectivity index (χ4v) is 6.39. The van der Waals surface area contributed by atoms with E-state index in [1.165, 1.54) is 18.6 Å². The first-order valence-electron chi connectivity index (χ1n) is 14.9. The normalized spacial score (nSPS) is 17.1. The molecule has 0 bridgehead atoms. The molecular weight excluding hydrogens is 716 g/mol. The molecule has 5 nitrogen and oxygen atoms in total. The van der Waals surface area contributed by atoms with Gasteiger partial charge >= 0.3 is 0 Å². The fourth-order valence-electron chi connectivity index (χ4n) is 5.69. The van der Waals surface area contributed by atoms with Gasteiger partial charge in [0.05, 0.1) is 11.6 Å². The Balaban J connectivity index is 1.61. The molecule has 0 aromatic heterocycles. The second-order valence-electron chi connectivity index (χ2n) is 11.2. The number of rotatable bonds is 7. The maximum absolute atomic E-state index is 14.7. The van der Waals surface area contributed by atoms with Crippen LogP contribution < -0.4 is 4.90 Å². The Morgan fingerprint density at radius 1 is 0.911 bits per heavy atom. The predicted octanol–water partition coefficient (Wildman–Crippen LogP) is 10.5. The quantitative estimate of drug-likeness (QED) is 0.205. The lowest BCUT2D eigenvalue weighted by molar-refractivity contribution is 0.0993. The van der Waals surface area contributed by atoms with Crippen molar-refractivity contribution in [3.05, 3.63) is 145 Å². The molecule has 0 radical (unpaired) electrons. The van der Waals surface area contributed by atoms with Crippen LogP contribution >= 0.6 is 43.5 Å². The van der Waals surface area contributed by atoms with Crippen molar-refractivity contribution in [2.75, 3.05) is 4.90 Å². The van der Waals surface area contributed by atoms with Gasteiger partial charge in [0.1, 0.15) is 17.2 Å². The molecule has 1 saturated carbocycles. The van der Waals surface area contributed by atoms with Crippen molar-refractivity contribution in [2.45, 2.75) is 44.6 Å². The van der Waals surface area contributed by atoms with Gasteiger partial charge in [0.2, 0.25) is 5.90 Å². The number of hydrogen-bond donors (Lipinski definition) is 1. The van der Waals surface area contributed by atoms with Crippen LogP contribution in [0.4, 0.5) is 5.69 Å². The molecule has 2 aliphatic rings. The van der Waals surface area contributed by atoms with Gasteiger partial charge in [-0.3, -0.25) is 9.69 Å². The number of benzene rings is 4. The van der Waals surface area contributed by atoms with Crippen LogP contribution in [-0.4, -0.2) is 23.0 Å². The van der Waals surface area contributed by atoms with Crippen LogP contribution in [0.1, 0.15) is 53.6 Å². The van der Waals surface area contributed by atoms with Gasteiger partial charge < -0.3 is 9.84 Å². The monoisotopic (exact) mass is 744 g/mol. The van der Waals surface area contributed by atoms with Crippen molar-refractivity contribution in [3.63, 3.8) is 0 Å². The molecular formula is C37H31Br2ClN2O3. The summed E-state index contributed by atoms with van der Waals surface area (Å²) in [7, 11) is 0. The molecule has 1 N–H and O–H groups in total. The number of carbonyl (C=O) groups is 1. The summed E-state index contributed by atoms with van der Waals surface area (Å²) < 4.78 is 8.55. The van der Waals surface area contributed by atoms with Crippen LogP contribution in [0.3, 0.4) is 0 Å². The van der Waals surface area contributed by atoms with Gasteiger partial charge in [-0.25, -0.2) is 4.99 Å². The molecule has 45 heavy (non-hydrogen) atoms. The number of ether oxygens (including phenoxy) is 1. The minimum absolute atomic E-state index is 0.0789. The molecule has 4 aromatic rings. The van der Waals surface area contributed by atoms with E-state index < -0.39 is 5.91 Å². The predicted molar refractivity (Wildman–Crippen MR) is 189 cm³/mol. The summed E-state index contributed by atoms with van der Waals surface area (Å²) in [6.45, 7) is 0. The van der Waals surface area contributed by atoms with E-state index >= 15 is 0 Å². The maximum atomic E-state index is 14.7. The van der Waals surface area contributed by atoms with E-state index in [0.29, 0.717) is 34.5 Å². The summed E-state index contributed by atoms with van der Waals surface area (Å²) in [5, 5.41) is 11.2. The van der Waals surface area contributed by atoms with E-state index in [1.54, 1.807) is 11.0 Å². The van der Waals surface area contributed by atoms with Gasteiger partial charge in [0.25, 0.3) is 5.91 Å². The van der Waals surface area contributed by atoms with Gasteiger partial charge in [0.15, 0.2) is 0 Å². The summed E-state index contributed by atoms with van der Waals surface area (Å²) in [4.78, 5) is 21.5. The lowest BCUT2D eigenvalue weighted by Gasteiger charge is -2.26. The van der Waals surface area contributed by atoms with Crippen LogP contribution in [0, 0.1) is 0 Å². The minimum Gasteiger partial charge on any atom is -0.507 e. The standard InChI is InChI=1S/C37H31Br2ClN2O3/c38-26-13-11-25(12-14-26)22-34-32(21-24-7-3-1-4-8-24)35(36(45-34)41-29-9-5-2-6-10-29)42(30-18-15-27(39)16-19-30)37(44)31-23-28(40)17-20-33(31)43/h1,3-4,7-8,11-20,22-23,29,43H,2,5-6,9-10,21H2/b34-22-,41-36?. The smallest absolute Gasteiger partial charge is 0.266 e. The first-order chi connectivity index (χ1) is 21.9. The number of aromatic hydroxyl groups is 1. The Morgan fingerprint density at radius 3 is 2.27 bits per heavy atom. The Labute approximate surface area is 285 Å². The summed E-state index contributed by atoms with van der Waals surface area (Å²) >= 11 is 13.4. The fraction of sp³-hybridized carbons (Fsp3) is 0.189. The zero-order chi connectivity index (χ0) is 31.3. The Hall–Kier alpha value is -3.65. The Bertz CT molecular complexity index is 1780. The highest BCUT2D eigenvalue weighted by molar-refractivity contribution is 9.10. The molecule has 1 aliphatic carbocycles. The molecule has 0 spiro atoms. The summed E-state index contributed by atoms with van der Waals surface area (Å²) in [5.41, 5.74) is 4.07. The number of halogens is 3. The van der Waals surface area contributed by atoms with E-state index in [0.717, 1.165) is 51.3 Å². The maximum Gasteiger partial charge on any atom is 0.266 e.